The largest absolute Gasteiger partial charge is 0.303 e. The number of rotatable bonds is 7. The van der Waals surface area contributed by atoms with E-state index in [-0.39, 0.29) is 17.9 Å². The van der Waals surface area contributed by atoms with E-state index >= 15 is 0 Å². The Hall–Kier alpha value is -1.72. The predicted octanol–water partition coefficient (Wildman–Crippen LogP) is 3.82. The summed E-state index contributed by atoms with van der Waals surface area (Å²) in [7, 11) is 0. The highest BCUT2D eigenvalue weighted by atomic mass is 35.5. The number of carbonyl (C=O) groups excluding carboxylic acids is 1. The molecule has 1 aliphatic carbocycles. The average molecular weight is 398 g/mol. The van der Waals surface area contributed by atoms with Crippen molar-refractivity contribution in [1.82, 2.24) is 16.2 Å². The van der Waals surface area contributed by atoms with Gasteiger partial charge >= 0.3 is 0 Å². The molecule has 28 heavy (non-hydrogen) atoms. The fourth-order valence-corrected chi connectivity index (χ4v) is 4.67. The lowest BCUT2D eigenvalue weighted by atomic mass is 9.79. The lowest BCUT2D eigenvalue weighted by molar-refractivity contribution is -0.124. The molecule has 3 N–H and O–H groups in total. The van der Waals surface area contributed by atoms with E-state index in [1.165, 1.54) is 18.4 Å². The van der Waals surface area contributed by atoms with E-state index in [9.17, 15) is 4.79 Å². The number of hydrogen-bond acceptors (Lipinski definition) is 4. The minimum atomic E-state index is -0.298. The number of nitrogens with one attached hydrogen (secondary N) is 3. The van der Waals surface area contributed by atoms with Crippen LogP contribution >= 0.6 is 11.6 Å². The molecular weight excluding hydrogens is 370 g/mol. The molecule has 5 heteroatoms. The van der Waals surface area contributed by atoms with Crippen molar-refractivity contribution in [1.29, 1.82) is 0 Å². The minimum Gasteiger partial charge on any atom is -0.303 e. The molecule has 0 aromatic heterocycles. The molecule has 1 saturated heterocycles. The van der Waals surface area contributed by atoms with Crippen LogP contribution in [0.2, 0.25) is 5.02 Å². The number of hydrogen-bond donors (Lipinski definition) is 3. The average Bonchev–Trinajstić information content (AvgIpc) is 3.17. The van der Waals surface area contributed by atoms with Crippen molar-refractivity contribution in [2.75, 3.05) is 6.54 Å². The van der Waals surface area contributed by atoms with Crippen LogP contribution in [0.5, 0.6) is 0 Å². The number of carbonyl (C=O) groups is 1. The maximum absolute atomic E-state index is 13.5. The van der Waals surface area contributed by atoms with Gasteiger partial charge in [0.05, 0.1) is 12.1 Å². The number of ketones is 1. The van der Waals surface area contributed by atoms with Crippen LogP contribution in [0.1, 0.15) is 42.9 Å². The van der Waals surface area contributed by atoms with Gasteiger partial charge in [0.15, 0.2) is 5.78 Å². The zero-order valence-electron chi connectivity index (χ0n) is 16.0. The molecule has 0 radical (unpaired) electrons. The Morgan fingerprint density at radius 2 is 1.79 bits per heavy atom. The second kappa shape index (κ2) is 9.19. The molecule has 1 saturated carbocycles. The Balaban J connectivity index is 1.46. The summed E-state index contributed by atoms with van der Waals surface area (Å²) in [5.74, 6) is 0.634. The molecule has 2 aromatic carbocycles. The summed E-state index contributed by atoms with van der Waals surface area (Å²) in [6, 6.07) is 18.0. The van der Waals surface area contributed by atoms with Crippen LogP contribution in [0.3, 0.4) is 0 Å². The topological polar surface area (TPSA) is 53.2 Å². The van der Waals surface area contributed by atoms with Gasteiger partial charge in [0.25, 0.3) is 0 Å². The van der Waals surface area contributed by atoms with Crippen LogP contribution in [0.4, 0.5) is 0 Å². The monoisotopic (exact) mass is 397 g/mol. The highest BCUT2D eigenvalue weighted by Crippen LogP contribution is 2.32. The summed E-state index contributed by atoms with van der Waals surface area (Å²) in [4.78, 5) is 13.5. The van der Waals surface area contributed by atoms with Crippen molar-refractivity contribution < 1.29 is 4.79 Å². The number of benzene rings is 2. The van der Waals surface area contributed by atoms with E-state index < -0.39 is 0 Å². The first kappa shape index (κ1) is 19.6. The van der Waals surface area contributed by atoms with Crippen molar-refractivity contribution in [2.45, 2.75) is 50.2 Å². The lowest BCUT2D eigenvalue weighted by Crippen LogP contribution is -2.45. The Kier molecular flexibility index (Phi) is 6.43. The molecule has 1 heterocycles. The molecule has 0 amide bonds. The third-order valence-corrected chi connectivity index (χ3v) is 6.32. The molecule has 2 aliphatic rings. The highest BCUT2D eigenvalue weighted by molar-refractivity contribution is 6.30. The van der Waals surface area contributed by atoms with E-state index in [1.807, 2.05) is 54.6 Å². The van der Waals surface area contributed by atoms with Gasteiger partial charge < -0.3 is 5.32 Å². The summed E-state index contributed by atoms with van der Waals surface area (Å²) in [5, 5.41) is 4.27. The fraction of sp³-hybridized carbons (Fsp3) is 0.435. The number of fused-ring (bicyclic) bond motifs is 1. The predicted molar refractivity (Wildman–Crippen MR) is 113 cm³/mol. The first-order valence-electron chi connectivity index (χ1n) is 10.3. The van der Waals surface area contributed by atoms with E-state index in [1.54, 1.807) is 0 Å². The van der Waals surface area contributed by atoms with Gasteiger partial charge in [0.2, 0.25) is 0 Å². The number of Topliss-reactive ketones (excluding diaryl/α,β-unsaturated/α-hetero) is 1. The van der Waals surface area contributed by atoms with Crippen LogP contribution in [0.15, 0.2) is 54.6 Å². The van der Waals surface area contributed by atoms with Gasteiger partial charge in [0.1, 0.15) is 0 Å². The zero-order valence-corrected chi connectivity index (χ0v) is 16.8. The Morgan fingerprint density at radius 1 is 1.04 bits per heavy atom. The van der Waals surface area contributed by atoms with Gasteiger partial charge in [-0.05, 0) is 48.4 Å². The van der Waals surface area contributed by atoms with Crippen molar-refractivity contribution in [3.05, 3.63) is 70.7 Å². The van der Waals surface area contributed by atoms with Crippen molar-refractivity contribution in [2.24, 2.45) is 5.92 Å². The lowest BCUT2D eigenvalue weighted by Gasteiger charge is -2.29. The highest BCUT2D eigenvalue weighted by Gasteiger charge is 2.43. The van der Waals surface area contributed by atoms with Crippen LogP contribution in [0, 0.1) is 5.92 Å². The zero-order chi connectivity index (χ0) is 19.3. The Bertz CT molecular complexity index is 780. The maximum Gasteiger partial charge on any atom is 0.172 e. The van der Waals surface area contributed by atoms with Gasteiger partial charge in [0, 0.05) is 17.6 Å². The smallest absolute Gasteiger partial charge is 0.172 e. The quantitative estimate of drug-likeness (QED) is 0.664. The molecule has 148 valence electrons. The normalized spacial score (nSPS) is 25.2. The fourth-order valence-electron chi connectivity index (χ4n) is 4.54. The van der Waals surface area contributed by atoms with Crippen LogP contribution in [-0.2, 0) is 11.2 Å². The molecule has 4 rings (SSSR count). The van der Waals surface area contributed by atoms with Crippen molar-refractivity contribution in [3.8, 4) is 0 Å². The van der Waals surface area contributed by atoms with Crippen LogP contribution in [0.25, 0.3) is 0 Å². The van der Waals surface area contributed by atoms with Gasteiger partial charge in [-0.2, -0.15) is 0 Å². The van der Waals surface area contributed by atoms with Gasteiger partial charge in [-0.15, -0.1) is 0 Å². The third kappa shape index (κ3) is 4.47. The SMILES string of the molecule is O=C(C1NNC2CCCCC21)[C@H](NCCc1ccc(Cl)cc1)c1ccccc1. The summed E-state index contributed by atoms with van der Waals surface area (Å²) in [6.45, 7) is 0.737. The van der Waals surface area contributed by atoms with Crippen LogP contribution in [-0.4, -0.2) is 24.4 Å². The summed E-state index contributed by atoms with van der Waals surface area (Å²) in [5.41, 5.74) is 8.93. The number of hydrazine groups is 1. The van der Waals surface area contributed by atoms with E-state index in [0.717, 1.165) is 36.4 Å². The molecular formula is C23H28ClN3O. The second-order valence-electron chi connectivity index (χ2n) is 7.90. The van der Waals surface area contributed by atoms with Gasteiger partial charge in [-0.25, -0.2) is 5.43 Å². The molecule has 4 atom stereocenters. The van der Waals surface area contributed by atoms with Gasteiger partial charge in [-0.1, -0.05) is 66.9 Å². The second-order valence-corrected chi connectivity index (χ2v) is 8.33. The molecule has 2 fully saturated rings. The number of halogens is 1. The molecule has 2 aromatic rings. The van der Waals surface area contributed by atoms with Gasteiger partial charge in [-0.3, -0.25) is 10.2 Å². The summed E-state index contributed by atoms with van der Waals surface area (Å²) in [6.07, 6.45) is 5.59. The summed E-state index contributed by atoms with van der Waals surface area (Å²) >= 11 is 5.97. The molecule has 0 spiro atoms. The minimum absolute atomic E-state index is 0.126. The molecule has 3 unspecified atom stereocenters. The first-order chi connectivity index (χ1) is 13.7. The summed E-state index contributed by atoms with van der Waals surface area (Å²) < 4.78 is 0. The maximum atomic E-state index is 13.5. The third-order valence-electron chi connectivity index (χ3n) is 6.07. The van der Waals surface area contributed by atoms with E-state index in [2.05, 4.69) is 16.2 Å². The standard InChI is InChI=1S/C23H28ClN3O/c24-18-12-10-16(11-13-18)14-15-25-21(17-6-2-1-3-7-17)23(28)22-19-8-4-5-9-20(19)26-27-22/h1-3,6-7,10-13,19-22,25-27H,4-5,8-9,14-15H2/t19?,20?,21-,22?/m1/s1. The molecule has 4 nitrogen and oxygen atoms in total. The van der Waals surface area contributed by atoms with E-state index in [4.69, 9.17) is 11.6 Å². The first-order valence-corrected chi connectivity index (χ1v) is 10.7. The Morgan fingerprint density at radius 3 is 2.57 bits per heavy atom. The van der Waals surface area contributed by atoms with Crippen molar-refractivity contribution in [3.63, 3.8) is 0 Å². The molecule has 0 bridgehead atoms. The molecule has 1 aliphatic heterocycles. The van der Waals surface area contributed by atoms with E-state index in [0.29, 0.717) is 12.0 Å². The van der Waals surface area contributed by atoms with Crippen molar-refractivity contribution >= 4 is 17.4 Å². The Labute approximate surface area is 172 Å². The van der Waals surface area contributed by atoms with Crippen LogP contribution < -0.4 is 16.2 Å².